The van der Waals surface area contributed by atoms with Crippen LogP contribution in [-0.4, -0.2) is 15.2 Å². The van der Waals surface area contributed by atoms with Crippen molar-refractivity contribution < 1.29 is 27.8 Å². The third-order valence-electron chi connectivity index (χ3n) is 7.62. The molecule has 3 atom stereocenters. The molecule has 2 aromatic rings. The Labute approximate surface area is 232 Å². The second-order valence-electron chi connectivity index (χ2n) is 12.1. The predicted octanol–water partition coefficient (Wildman–Crippen LogP) is 9.41. The number of nitrogens with zero attached hydrogens (tertiary/aromatic N) is 1. The molecule has 2 N–H and O–H groups in total. The monoisotopic (exact) mass is 553 g/mol. The lowest BCUT2D eigenvalue weighted by Crippen LogP contribution is -2.31. The molecule has 0 fully saturated rings. The molecule has 0 saturated heterocycles. The van der Waals surface area contributed by atoms with Crippen LogP contribution in [-0.2, 0) is 12.6 Å². The Kier molecular flexibility index (Phi) is 11.2. The van der Waals surface area contributed by atoms with E-state index in [-0.39, 0.29) is 11.3 Å². The first kappa shape index (κ1) is 33.2. The largest absolute Gasteiger partial charge is 0.419 e. The molecule has 3 nitrogen and oxygen atoms in total. The number of aromatic nitrogens is 1. The first-order valence-electron chi connectivity index (χ1n) is 14.4. The van der Waals surface area contributed by atoms with Gasteiger partial charge >= 0.3 is 6.18 Å². The molecule has 1 heterocycles. The number of pyridine rings is 1. The van der Waals surface area contributed by atoms with Gasteiger partial charge in [-0.3, -0.25) is 4.98 Å². The molecule has 4 rings (SSSR count). The highest BCUT2D eigenvalue weighted by atomic mass is 19.4. The van der Waals surface area contributed by atoms with Crippen molar-refractivity contribution in [2.45, 2.75) is 125 Å². The van der Waals surface area contributed by atoms with Crippen molar-refractivity contribution in [3.05, 3.63) is 63.2 Å². The number of aliphatic hydroxyl groups is 2. The predicted molar refractivity (Wildman–Crippen MR) is 149 cm³/mol. The molecule has 2 aliphatic carbocycles. The number of hydrogen-bond acceptors (Lipinski definition) is 3. The van der Waals surface area contributed by atoms with Gasteiger partial charge in [0.15, 0.2) is 0 Å². The molecule has 1 aromatic heterocycles. The first-order chi connectivity index (χ1) is 18.1. The molecule has 0 saturated carbocycles. The van der Waals surface area contributed by atoms with Crippen molar-refractivity contribution in [1.29, 1.82) is 0 Å². The van der Waals surface area contributed by atoms with Crippen LogP contribution in [0.2, 0.25) is 0 Å². The smallest absolute Gasteiger partial charge is 0.388 e. The minimum absolute atomic E-state index is 0.0108. The lowest BCUT2D eigenvalue weighted by molar-refractivity contribution is -0.140. The number of fused-ring (bicyclic) bond motifs is 3. The Balaban J connectivity index is 0.000000686. The van der Waals surface area contributed by atoms with Crippen LogP contribution in [0.3, 0.4) is 0 Å². The van der Waals surface area contributed by atoms with E-state index in [0.29, 0.717) is 42.4 Å². The topological polar surface area (TPSA) is 53.4 Å². The summed E-state index contributed by atoms with van der Waals surface area (Å²) in [6.45, 7) is 18.7. The zero-order valence-corrected chi connectivity index (χ0v) is 25.0. The average Bonchev–Trinajstić information content (AvgIpc) is 2.83. The van der Waals surface area contributed by atoms with E-state index in [9.17, 15) is 27.8 Å². The van der Waals surface area contributed by atoms with E-state index in [4.69, 9.17) is 4.98 Å². The summed E-state index contributed by atoms with van der Waals surface area (Å²) in [6.07, 6.45) is -3.01. The number of alkyl halides is 3. The third-order valence-corrected chi connectivity index (χ3v) is 7.62. The Morgan fingerprint density at radius 1 is 0.974 bits per heavy atom. The average molecular weight is 554 g/mol. The third kappa shape index (κ3) is 7.60. The second-order valence-corrected chi connectivity index (χ2v) is 12.1. The summed E-state index contributed by atoms with van der Waals surface area (Å²) in [5.41, 5.74) is 2.54. The molecule has 0 amide bonds. The molecule has 1 aromatic carbocycles. The molecule has 7 heteroatoms. The van der Waals surface area contributed by atoms with Crippen molar-refractivity contribution in [2.24, 2.45) is 11.3 Å². The standard InChI is InChI=1S/C25H29F4NO2.C5H12.C2H6/c1-12(2)23-20-14(13-5-7-15(16(26)9-13)25(27,28)29)6-8-18(31)22(20)21-17(30-23)10-24(3,4)11-19(21)32;1-4-5(2)3;1-2/h5,7,9,12,14,18-19,31-32H,6,8,10-11H2,1-4H3;5H,4H2,1-3H3;1-2H3. The number of rotatable bonds is 3. The maximum absolute atomic E-state index is 14.4. The highest BCUT2D eigenvalue weighted by Crippen LogP contribution is 2.51. The highest BCUT2D eigenvalue weighted by molar-refractivity contribution is 5.52. The number of benzene rings is 1. The Hall–Kier alpha value is -1.99. The Bertz CT molecular complexity index is 1110. The summed E-state index contributed by atoms with van der Waals surface area (Å²) in [6, 6.07) is 3.06. The summed E-state index contributed by atoms with van der Waals surface area (Å²) in [5, 5.41) is 22.0. The molecule has 0 radical (unpaired) electrons. The van der Waals surface area contributed by atoms with Crippen LogP contribution in [0.25, 0.3) is 0 Å². The summed E-state index contributed by atoms with van der Waals surface area (Å²) < 4.78 is 53.6. The fraction of sp³-hybridized carbons (Fsp3) is 0.656. The fourth-order valence-electron chi connectivity index (χ4n) is 5.45. The summed E-state index contributed by atoms with van der Waals surface area (Å²) in [5.74, 6) is -0.831. The van der Waals surface area contributed by atoms with E-state index in [1.54, 1.807) is 0 Å². The maximum Gasteiger partial charge on any atom is 0.419 e. The number of hydrogen-bond donors (Lipinski definition) is 2. The van der Waals surface area contributed by atoms with Crippen molar-refractivity contribution in [3.8, 4) is 0 Å². The minimum Gasteiger partial charge on any atom is -0.388 e. The van der Waals surface area contributed by atoms with E-state index >= 15 is 0 Å². The summed E-state index contributed by atoms with van der Waals surface area (Å²) >= 11 is 0. The highest BCUT2D eigenvalue weighted by Gasteiger charge is 2.41. The van der Waals surface area contributed by atoms with Crippen LogP contribution in [0.1, 0.15) is 151 Å². The van der Waals surface area contributed by atoms with Gasteiger partial charge in [-0.15, -0.1) is 0 Å². The fourth-order valence-corrected chi connectivity index (χ4v) is 5.45. The van der Waals surface area contributed by atoms with Crippen molar-refractivity contribution in [2.75, 3.05) is 0 Å². The molecule has 0 bridgehead atoms. The lowest BCUT2D eigenvalue weighted by atomic mass is 9.68. The lowest BCUT2D eigenvalue weighted by Gasteiger charge is -2.40. The second kappa shape index (κ2) is 13.1. The van der Waals surface area contributed by atoms with Gasteiger partial charge in [0.05, 0.1) is 17.8 Å². The summed E-state index contributed by atoms with van der Waals surface area (Å²) in [4.78, 5) is 4.92. The van der Waals surface area contributed by atoms with Gasteiger partial charge in [-0.1, -0.05) is 74.8 Å². The molecular weight excluding hydrogens is 506 g/mol. The van der Waals surface area contributed by atoms with Gasteiger partial charge in [0, 0.05) is 22.9 Å². The zero-order valence-electron chi connectivity index (χ0n) is 25.0. The quantitative estimate of drug-likeness (QED) is 0.372. The SMILES string of the molecule is CC.CC(C)c1nc2c(c3c1C(c1ccc(C(F)(F)F)c(F)c1)CCC3O)C(O)CC(C)(C)C2.CCC(C)C. The van der Waals surface area contributed by atoms with Crippen molar-refractivity contribution in [1.82, 2.24) is 4.98 Å². The Morgan fingerprint density at radius 3 is 2.05 bits per heavy atom. The molecule has 220 valence electrons. The van der Waals surface area contributed by atoms with Gasteiger partial charge in [0.1, 0.15) is 5.82 Å². The van der Waals surface area contributed by atoms with Gasteiger partial charge in [-0.25, -0.2) is 4.39 Å². The number of aliphatic hydroxyl groups excluding tert-OH is 2. The number of halogens is 4. The molecule has 0 aliphatic heterocycles. The van der Waals surface area contributed by atoms with Crippen LogP contribution in [0, 0.1) is 17.2 Å². The molecule has 39 heavy (non-hydrogen) atoms. The van der Waals surface area contributed by atoms with Crippen LogP contribution in [0.5, 0.6) is 0 Å². The van der Waals surface area contributed by atoms with E-state index in [1.165, 1.54) is 12.5 Å². The van der Waals surface area contributed by atoms with Gasteiger partial charge in [-0.2, -0.15) is 13.2 Å². The van der Waals surface area contributed by atoms with Crippen LogP contribution in [0.15, 0.2) is 18.2 Å². The minimum atomic E-state index is -4.76. The van der Waals surface area contributed by atoms with E-state index in [2.05, 4.69) is 34.6 Å². The van der Waals surface area contributed by atoms with Gasteiger partial charge in [0.2, 0.25) is 0 Å². The van der Waals surface area contributed by atoms with Crippen molar-refractivity contribution >= 4 is 0 Å². The van der Waals surface area contributed by atoms with Crippen molar-refractivity contribution in [3.63, 3.8) is 0 Å². The van der Waals surface area contributed by atoms with Crippen LogP contribution in [0.4, 0.5) is 17.6 Å². The van der Waals surface area contributed by atoms with Crippen LogP contribution < -0.4 is 0 Å². The van der Waals surface area contributed by atoms with Gasteiger partial charge < -0.3 is 10.2 Å². The van der Waals surface area contributed by atoms with E-state index < -0.39 is 35.7 Å². The van der Waals surface area contributed by atoms with Crippen LogP contribution >= 0.6 is 0 Å². The van der Waals surface area contributed by atoms with E-state index in [0.717, 1.165) is 35.0 Å². The Morgan fingerprint density at radius 2 is 1.56 bits per heavy atom. The van der Waals surface area contributed by atoms with E-state index in [1.807, 2.05) is 27.7 Å². The zero-order chi connectivity index (χ0) is 29.9. The maximum atomic E-state index is 14.4. The first-order valence-corrected chi connectivity index (χ1v) is 14.4. The molecular formula is C32H47F4NO2. The molecule has 3 unspecified atom stereocenters. The van der Waals surface area contributed by atoms with Gasteiger partial charge in [-0.05, 0) is 71.8 Å². The normalized spacial score (nSPS) is 21.8. The molecule has 2 aliphatic rings. The summed E-state index contributed by atoms with van der Waals surface area (Å²) in [7, 11) is 0. The molecule has 0 spiro atoms. The van der Waals surface area contributed by atoms with Gasteiger partial charge in [0.25, 0.3) is 0 Å².